The molecule has 4 heterocycles. The zero-order chi connectivity index (χ0) is 31.3. The second kappa shape index (κ2) is 14.2. The quantitative estimate of drug-likeness (QED) is 0.299. The van der Waals surface area contributed by atoms with E-state index < -0.39 is 29.6 Å². The van der Waals surface area contributed by atoms with Crippen molar-refractivity contribution in [2.24, 2.45) is 11.8 Å². The molecule has 1 spiro atoms. The Morgan fingerprint density at radius 2 is 1.84 bits per heavy atom. The molecule has 2 bridgehead atoms. The Balaban J connectivity index is 1.44. The standard InChI is InChI=1S/C33H46N4O7/c1-4-14-35(18-17-34-19-22-42-23-20-34)32(41)29-33-13-12-26(44-33)27(28(33)31(40)37(29)16-7-21-38)30(39)36(15-5-2)24-8-10-25(11-9-24)43-6-3/h4-5,8-11,26-29,38H,1-2,6-7,12-23H2,3H3/t26-,27+,28-,29?,33?/m0/s1. The minimum atomic E-state index is -1.11. The first-order valence-corrected chi connectivity index (χ1v) is 15.8. The number of carbonyl (C=O) groups is 3. The van der Waals surface area contributed by atoms with Crippen LogP contribution in [0.1, 0.15) is 26.2 Å². The maximum atomic E-state index is 14.5. The van der Waals surface area contributed by atoms with E-state index in [1.807, 2.05) is 31.2 Å². The van der Waals surface area contributed by atoms with Crippen LogP contribution in [0.5, 0.6) is 5.75 Å². The Hall–Kier alpha value is -3.25. The molecule has 5 atom stereocenters. The number of nitrogens with zero attached hydrogens (tertiary/aromatic N) is 4. The molecule has 4 saturated heterocycles. The summed E-state index contributed by atoms with van der Waals surface area (Å²) >= 11 is 0. The van der Waals surface area contributed by atoms with E-state index in [0.29, 0.717) is 70.2 Å². The number of carbonyl (C=O) groups excluding carboxylic acids is 3. The van der Waals surface area contributed by atoms with Crippen LogP contribution in [-0.2, 0) is 23.9 Å². The third kappa shape index (κ3) is 6.02. The van der Waals surface area contributed by atoms with Gasteiger partial charge in [-0.3, -0.25) is 19.3 Å². The van der Waals surface area contributed by atoms with Crippen molar-refractivity contribution in [3.05, 3.63) is 49.6 Å². The van der Waals surface area contributed by atoms with Gasteiger partial charge in [0.2, 0.25) is 17.7 Å². The first-order valence-electron chi connectivity index (χ1n) is 15.8. The number of amides is 3. The maximum absolute atomic E-state index is 14.5. The normalized spacial score (nSPS) is 27.7. The highest BCUT2D eigenvalue weighted by Gasteiger charge is 2.74. The van der Waals surface area contributed by atoms with Crippen molar-refractivity contribution in [3.8, 4) is 5.75 Å². The van der Waals surface area contributed by atoms with Crippen LogP contribution in [0.4, 0.5) is 5.69 Å². The molecule has 240 valence electrons. The monoisotopic (exact) mass is 610 g/mol. The number of likely N-dealkylation sites (tertiary alicyclic amines) is 1. The molecule has 0 aliphatic carbocycles. The largest absolute Gasteiger partial charge is 0.494 e. The van der Waals surface area contributed by atoms with E-state index in [1.165, 1.54) is 0 Å². The smallest absolute Gasteiger partial charge is 0.248 e. The van der Waals surface area contributed by atoms with Gasteiger partial charge in [0.15, 0.2) is 0 Å². The highest BCUT2D eigenvalue weighted by atomic mass is 16.5. The van der Waals surface area contributed by atoms with E-state index in [1.54, 1.807) is 26.9 Å². The maximum Gasteiger partial charge on any atom is 0.248 e. The zero-order valence-corrected chi connectivity index (χ0v) is 25.8. The third-order valence-corrected chi connectivity index (χ3v) is 9.36. The van der Waals surface area contributed by atoms with E-state index in [-0.39, 0.29) is 37.4 Å². The Morgan fingerprint density at radius 3 is 2.50 bits per heavy atom. The average Bonchev–Trinajstić information content (AvgIpc) is 3.68. The van der Waals surface area contributed by atoms with Gasteiger partial charge in [-0.25, -0.2) is 0 Å². The summed E-state index contributed by atoms with van der Waals surface area (Å²) in [6.45, 7) is 14.9. The number of hydrogen-bond acceptors (Lipinski definition) is 8. The molecule has 11 nitrogen and oxygen atoms in total. The first-order chi connectivity index (χ1) is 21.4. The number of aliphatic hydroxyl groups is 1. The minimum Gasteiger partial charge on any atom is -0.494 e. The second-order valence-electron chi connectivity index (χ2n) is 11.9. The first kappa shape index (κ1) is 32.2. The van der Waals surface area contributed by atoms with Crippen LogP contribution in [0.25, 0.3) is 0 Å². The van der Waals surface area contributed by atoms with Crippen LogP contribution in [0.15, 0.2) is 49.6 Å². The van der Waals surface area contributed by atoms with Gasteiger partial charge in [-0.2, -0.15) is 0 Å². The van der Waals surface area contributed by atoms with Crippen molar-refractivity contribution in [2.45, 2.75) is 43.9 Å². The predicted molar refractivity (Wildman–Crippen MR) is 165 cm³/mol. The van der Waals surface area contributed by atoms with Crippen molar-refractivity contribution >= 4 is 23.4 Å². The summed E-state index contributed by atoms with van der Waals surface area (Å²) in [5, 5.41) is 9.67. The van der Waals surface area contributed by atoms with Gasteiger partial charge in [-0.1, -0.05) is 12.2 Å². The van der Waals surface area contributed by atoms with Gasteiger partial charge in [0.1, 0.15) is 17.4 Å². The SMILES string of the molecule is C=CCN(CCN1CCOCC1)C(=O)C1N(CCCO)C(=O)[C@@H]2[C@H](C(=O)N(CC=C)c3ccc(OCC)cc3)[C@@H]3CCC12O3. The number of hydrogen-bond donors (Lipinski definition) is 1. The van der Waals surface area contributed by atoms with Crippen molar-refractivity contribution in [1.29, 1.82) is 0 Å². The topological polar surface area (TPSA) is 112 Å². The van der Waals surface area contributed by atoms with Crippen molar-refractivity contribution < 1.29 is 33.7 Å². The molecule has 0 saturated carbocycles. The number of fused-ring (bicyclic) bond motifs is 1. The summed E-state index contributed by atoms with van der Waals surface area (Å²) in [4.78, 5) is 50.3. The third-order valence-electron chi connectivity index (χ3n) is 9.36. The molecule has 3 amide bonds. The number of rotatable bonds is 15. The summed E-state index contributed by atoms with van der Waals surface area (Å²) in [6.07, 6.45) is 4.31. The number of benzene rings is 1. The molecule has 4 fully saturated rings. The molecule has 4 aliphatic rings. The van der Waals surface area contributed by atoms with Crippen LogP contribution >= 0.6 is 0 Å². The van der Waals surface area contributed by atoms with E-state index in [0.717, 1.165) is 13.1 Å². The summed E-state index contributed by atoms with van der Waals surface area (Å²) in [7, 11) is 0. The zero-order valence-electron chi connectivity index (χ0n) is 25.8. The lowest BCUT2D eigenvalue weighted by Gasteiger charge is -2.37. The van der Waals surface area contributed by atoms with Gasteiger partial charge in [-0.05, 0) is 50.5 Å². The summed E-state index contributed by atoms with van der Waals surface area (Å²) in [5.74, 6) is -1.50. The number of morpholine rings is 1. The summed E-state index contributed by atoms with van der Waals surface area (Å²) < 4.78 is 17.7. The summed E-state index contributed by atoms with van der Waals surface area (Å²) in [6, 6.07) is 6.41. The Labute approximate surface area is 260 Å². The molecule has 44 heavy (non-hydrogen) atoms. The molecule has 11 heteroatoms. The fourth-order valence-electron chi connectivity index (χ4n) is 7.42. The molecule has 1 N–H and O–H groups in total. The van der Waals surface area contributed by atoms with Crippen LogP contribution in [0.3, 0.4) is 0 Å². The van der Waals surface area contributed by atoms with Gasteiger partial charge in [0.25, 0.3) is 0 Å². The van der Waals surface area contributed by atoms with Gasteiger partial charge in [0.05, 0.1) is 37.8 Å². The Morgan fingerprint density at radius 1 is 1.11 bits per heavy atom. The Kier molecular flexibility index (Phi) is 10.4. The van der Waals surface area contributed by atoms with E-state index in [9.17, 15) is 19.5 Å². The Bertz CT molecular complexity index is 1200. The van der Waals surface area contributed by atoms with Crippen molar-refractivity contribution in [3.63, 3.8) is 0 Å². The average molecular weight is 611 g/mol. The molecule has 0 aromatic heterocycles. The minimum absolute atomic E-state index is 0.119. The fourth-order valence-corrected chi connectivity index (χ4v) is 7.42. The van der Waals surface area contributed by atoms with E-state index in [2.05, 4.69) is 18.1 Å². The van der Waals surface area contributed by atoms with Gasteiger partial charge in [-0.15, -0.1) is 13.2 Å². The van der Waals surface area contributed by atoms with E-state index >= 15 is 0 Å². The lowest BCUT2D eigenvalue weighted by atomic mass is 9.70. The molecule has 1 aromatic carbocycles. The van der Waals surface area contributed by atoms with Gasteiger partial charge in [0, 0.05) is 58.1 Å². The molecular weight excluding hydrogens is 564 g/mol. The number of anilines is 1. The highest BCUT2D eigenvalue weighted by Crippen LogP contribution is 2.59. The molecule has 5 rings (SSSR count). The molecular formula is C33H46N4O7. The lowest BCUT2D eigenvalue weighted by molar-refractivity contribution is -0.148. The molecule has 0 radical (unpaired) electrons. The molecule has 2 unspecified atom stereocenters. The van der Waals surface area contributed by atoms with Crippen molar-refractivity contribution in [2.75, 3.05) is 77.1 Å². The van der Waals surface area contributed by atoms with Gasteiger partial charge >= 0.3 is 0 Å². The second-order valence-corrected chi connectivity index (χ2v) is 11.9. The number of ether oxygens (including phenoxy) is 3. The van der Waals surface area contributed by atoms with Crippen molar-refractivity contribution in [1.82, 2.24) is 14.7 Å². The van der Waals surface area contributed by atoms with Crippen LogP contribution < -0.4 is 9.64 Å². The van der Waals surface area contributed by atoms with E-state index in [4.69, 9.17) is 14.2 Å². The molecule has 1 aromatic rings. The lowest BCUT2D eigenvalue weighted by Crippen LogP contribution is -2.57. The highest BCUT2D eigenvalue weighted by molar-refractivity contribution is 6.03. The number of aliphatic hydroxyl groups excluding tert-OH is 1. The van der Waals surface area contributed by atoms with Crippen LogP contribution in [0, 0.1) is 11.8 Å². The van der Waals surface area contributed by atoms with Crippen LogP contribution in [0.2, 0.25) is 0 Å². The van der Waals surface area contributed by atoms with Gasteiger partial charge < -0.3 is 34.0 Å². The fraction of sp³-hybridized carbons (Fsp3) is 0.606. The van der Waals surface area contributed by atoms with Crippen LogP contribution in [-0.4, -0.2) is 128 Å². The predicted octanol–water partition coefficient (Wildman–Crippen LogP) is 1.71. The molecule has 4 aliphatic heterocycles. The summed E-state index contributed by atoms with van der Waals surface area (Å²) in [5.41, 5.74) is -0.434.